The second kappa shape index (κ2) is 9.94. The monoisotopic (exact) mass is 581 g/mol. The molecule has 6 heteroatoms. The topological polar surface area (TPSA) is 83.9 Å². The van der Waals surface area contributed by atoms with E-state index in [1.54, 1.807) is 37.4 Å². The van der Waals surface area contributed by atoms with Gasteiger partial charge in [0.05, 0.1) is 18.6 Å². The molecule has 0 unspecified atom stereocenters. The highest BCUT2D eigenvalue weighted by molar-refractivity contribution is 6.40. The molecule has 218 valence electrons. The van der Waals surface area contributed by atoms with E-state index in [-0.39, 0.29) is 28.8 Å². The van der Waals surface area contributed by atoms with Crippen LogP contribution in [0.1, 0.15) is 53.7 Å². The van der Waals surface area contributed by atoms with E-state index < -0.39 is 23.4 Å². The lowest BCUT2D eigenvalue weighted by atomic mass is 9.53. The predicted octanol–water partition coefficient (Wildman–Crippen LogP) is 5.62. The fraction of sp³-hybridized carbons (Fsp3) is 0.237. The number of rotatable bonds is 4. The second-order valence-electron chi connectivity index (χ2n) is 12.4. The van der Waals surface area contributed by atoms with Gasteiger partial charge < -0.3 is 9.84 Å². The molecule has 44 heavy (non-hydrogen) atoms. The Balaban J connectivity index is 1.40. The molecule has 0 aromatic heterocycles. The number of ketones is 3. The number of carbonyl (C=O) groups is 3. The van der Waals surface area contributed by atoms with Crippen molar-refractivity contribution in [1.29, 1.82) is 0 Å². The number of hydrogen-bond donors (Lipinski definition) is 1. The summed E-state index contributed by atoms with van der Waals surface area (Å²) in [5.41, 5.74) is 3.06. The van der Waals surface area contributed by atoms with Crippen molar-refractivity contribution in [2.24, 2.45) is 17.8 Å². The molecule has 0 radical (unpaired) electrons. The van der Waals surface area contributed by atoms with Gasteiger partial charge in [-0.2, -0.15) is 0 Å². The number of nitrogens with zero attached hydrogens (tertiary/aromatic N) is 1. The minimum Gasteiger partial charge on any atom is -0.497 e. The van der Waals surface area contributed by atoms with Crippen molar-refractivity contribution >= 4 is 17.3 Å². The van der Waals surface area contributed by atoms with E-state index in [9.17, 15) is 19.5 Å². The maximum Gasteiger partial charge on any atom is 0.197 e. The maximum atomic E-state index is 14.4. The van der Waals surface area contributed by atoms with Gasteiger partial charge in [-0.15, -0.1) is 0 Å². The van der Waals surface area contributed by atoms with Gasteiger partial charge in [0.1, 0.15) is 11.4 Å². The molecule has 4 aromatic rings. The molecule has 6 nitrogen and oxygen atoms in total. The van der Waals surface area contributed by atoms with E-state index in [0.29, 0.717) is 53.2 Å². The molecule has 1 saturated carbocycles. The summed E-state index contributed by atoms with van der Waals surface area (Å²) in [4.78, 5) is 44.9. The van der Waals surface area contributed by atoms with Gasteiger partial charge in [0.2, 0.25) is 0 Å². The molecule has 4 aliphatic rings. The summed E-state index contributed by atoms with van der Waals surface area (Å²) in [7, 11) is 1.60. The zero-order valence-corrected chi connectivity index (χ0v) is 24.3. The van der Waals surface area contributed by atoms with Crippen LogP contribution in [0.25, 0.3) is 0 Å². The van der Waals surface area contributed by atoms with Gasteiger partial charge in [-0.1, -0.05) is 91.0 Å². The molecule has 1 N–H and O–H groups in total. The summed E-state index contributed by atoms with van der Waals surface area (Å²) in [5, 5.41) is 13.2. The number of methoxy groups -OCH3 is 1. The molecule has 5 atom stereocenters. The Bertz CT molecular complexity index is 1860. The lowest BCUT2D eigenvalue weighted by Crippen LogP contribution is -2.60. The van der Waals surface area contributed by atoms with Crippen molar-refractivity contribution in [2.75, 3.05) is 20.2 Å². The van der Waals surface area contributed by atoms with E-state index in [4.69, 9.17) is 4.74 Å². The van der Waals surface area contributed by atoms with Crippen molar-refractivity contribution in [1.82, 2.24) is 4.90 Å². The Morgan fingerprint density at radius 2 is 1.45 bits per heavy atom. The number of benzene rings is 4. The van der Waals surface area contributed by atoms with Gasteiger partial charge in [-0.3, -0.25) is 19.3 Å². The van der Waals surface area contributed by atoms with Crippen LogP contribution in [0, 0.1) is 17.8 Å². The van der Waals surface area contributed by atoms with Gasteiger partial charge in [0.25, 0.3) is 0 Å². The number of carbonyl (C=O) groups excluding carboxylic acids is 3. The number of likely N-dealkylation sites (tertiary alicyclic amines) is 1. The molecular formula is C38H31NO5. The first-order valence-corrected chi connectivity index (χ1v) is 15.1. The molecule has 4 aromatic carbocycles. The standard InChI is InChI=1S/C38H31NO5/c1-44-24-13-9-12-23(18-24)31-28-20-39(19-22-10-3-2-4-11-22)21-30(38(43)29-17-8-7-16-27(29)37(42)34(31)38)32(28)33-35(40)25-14-5-6-15-26(25)36(33)41/h2-18,28,30-31,34,43H,19-21H2,1H3/t28-,30-,31+,34+,38-/m0/s1. The van der Waals surface area contributed by atoms with Crippen LogP contribution < -0.4 is 4.74 Å². The van der Waals surface area contributed by atoms with Crippen LogP contribution in [0.5, 0.6) is 5.75 Å². The Hall–Kier alpha value is -4.65. The predicted molar refractivity (Wildman–Crippen MR) is 165 cm³/mol. The smallest absolute Gasteiger partial charge is 0.197 e. The lowest BCUT2D eigenvalue weighted by molar-refractivity contribution is -0.107. The molecule has 3 aliphatic carbocycles. The van der Waals surface area contributed by atoms with Crippen molar-refractivity contribution in [3.63, 3.8) is 0 Å². The summed E-state index contributed by atoms with van der Waals surface area (Å²) in [6.07, 6.45) is 0. The number of fused-ring (bicyclic) bond motifs is 7. The first kappa shape index (κ1) is 26.9. The van der Waals surface area contributed by atoms with Crippen LogP contribution in [0.2, 0.25) is 0 Å². The normalized spacial score (nSPS) is 27.3. The number of aliphatic hydroxyl groups is 1. The van der Waals surface area contributed by atoms with E-state index in [0.717, 1.165) is 11.1 Å². The van der Waals surface area contributed by atoms with Gasteiger partial charge in [0.15, 0.2) is 17.3 Å². The molecular weight excluding hydrogens is 550 g/mol. The van der Waals surface area contributed by atoms with Crippen LogP contribution in [0.15, 0.2) is 114 Å². The quantitative estimate of drug-likeness (QED) is 0.249. The summed E-state index contributed by atoms with van der Waals surface area (Å²) >= 11 is 0. The molecule has 8 rings (SSSR count). The fourth-order valence-electron chi connectivity index (χ4n) is 8.52. The largest absolute Gasteiger partial charge is 0.497 e. The number of allylic oxidation sites excluding steroid dienone is 1. The van der Waals surface area contributed by atoms with Crippen molar-refractivity contribution in [3.8, 4) is 5.75 Å². The fourth-order valence-corrected chi connectivity index (χ4v) is 8.52. The molecule has 1 aliphatic heterocycles. The third kappa shape index (κ3) is 3.71. The Morgan fingerprint density at radius 3 is 2.16 bits per heavy atom. The second-order valence-corrected chi connectivity index (χ2v) is 12.4. The van der Waals surface area contributed by atoms with Crippen molar-refractivity contribution in [3.05, 3.63) is 148 Å². The number of Topliss-reactive ketones (excluding diaryl/α,β-unsaturated/α-hetero) is 3. The Labute approximate surface area is 255 Å². The molecule has 2 fully saturated rings. The Kier molecular flexibility index (Phi) is 6.09. The van der Waals surface area contributed by atoms with Gasteiger partial charge >= 0.3 is 0 Å². The lowest BCUT2D eigenvalue weighted by Gasteiger charge is -2.56. The van der Waals surface area contributed by atoms with Gasteiger partial charge in [0, 0.05) is 54.1 Å². The molecule has 2 bridgehead atoms. The van der Waals surface area contributed by atoms with Crippen molar-refractivity contribution < 1.29 is 24.2 Å². The molecule has 0 spiro atoms. The highest BCUT2D eigenvalue weighted by Crippen LogP contribution is 2.64. The minimum absolute atomic E-state index is 0.0983. The summed E-state index contributed by atoms with van der Waals surface area (Å²) in [6.45, 7) is 1.57. The first-order chi connectivity index (χ1) is 21.4. The zero-order valence-electron chi connectivity index (χ0n) is 24.3. The number of hydrogen-bond acceptors (Lipinski definition) is 6. The summed E-state index contributed by atoms with van der Waals surface area (Å²) in [5.74, 6) is -2.34. The first-order valence-electron chi connectivity index (χ1n) is 15.1. The molecule has 0 amide bonds. The van der Waals surface area contributed by atoms with Crippen LogP contribution >= 0.6 is 0 Å². The van der Waals surface area contributed by atoms with Crippen LogP contribution in [-0.2, 0) is 12.1 Å². The highest BCUT2D eigenvalue weighted by atomic mass is 16.5. The number of piperidine rings is 1. The third-order valence-corrected chi connectivity index (χ3v) is 10.3. The van der Waals surface area contributed by atoms with Crippen LogP contribution in [0.4, 0.5) is 0 Å². The SMILES string of the molecule is COc1cccc([C@@H]2[C@@H]3CN(Cc4ccccc4)C[C@@H](C3=C3C(=O)c4ccccc4C3=O)[C@@]3(O)c4ccccc4C(=O)[C@@H]23)c1. The summed E-state index contributed by atoms with van der Waals surface area (Å²) < 4.78 is 5.60. The molecule has 1 saturated heterocycles. The van der Waals surface area contributed by atoms with E-state index in [1.165, 1.54) is 0 Å². The highest BCUT2D eigenvalue weighted by Gasteiger charge is 2.66. The average molecular weight is 582 g/mol. The summed E-state index contributed by atoms with van der Waals surface area (Å²) in [6, 6.07) is 32.1. The van der Waals surface area contributed by atoms with E-state index >= 15 is 0 Å². The Morgan fingerprint density at radius 1 is 0.795 bits per heavy atom. The van der Waals surface area contributed by atoms with Crippen LogP contribution in [-0.4, -0.2) is 47.6 Å². The van der Waals surface area contributed by atoms with E-state index in [1.807, 2.05) is 60.7 Å². The molecule has 1 heterocycles. The van der Waals surface area contributed by atoms with Crippen LogP contribution in [0.3, 0.4) is 0 Å². The maximum absolute atomic E-state index is 14.4. The average Bonchev–Trinajstić information content (AvgIpc) is 3.44. The van der Waals surface area contributed by atoms with Crippen molar-refractivity contribution in [2.45, 2.75) is 18.1 Å². The zero-order chi connectivity index (χ0) is 30.2. The minimum atomic E-state index is -1.62. The van der Waals surface area contributed by atoms with E-state index in [2.05, 4.69) is 17.0 Å². The number of ether oxygens (including phenoxy) is 1. The third-order valence-electron chi connectivity index (χ3n) is 10.3. The van der Waals surface area contributed by atoms with Gasteiger partial charge in [-0.25, -0.2) is 0 Å². The van der Waals surface area contributed by atoms with Gasteiger partial charge in [-0.05, 0) is 34.4 Å².